The van der Waals surface area contributed by atoms with E-state index in [1.807, 2.05) is 0 Å². The van der Waals surface area contributed by atoms with E-state index >= 15 is 0 Å². The van der Waals surface area contributed by atoms with Crippen LogP contribution in [-0.4, -0.2) is 29.1 Å². The first kappa shape index (κ1) is 14.1. The van der Waals surface area contributed by atoms with Gasteiger partial charge in [0.1, 0.15) is 0 Å². The second-order valence-electron chi connectivity index (χ2n) is 6.77. The molecular formula is C18H27NO. The van der Waals surface area contributed by atoms with Crippen molar-refractivity contribution in [1.82, 2.24) is 4.90 Å². The molecule has 2 nitrogen and oxygen atoms in total. The van der Waals surface area contributed by atoms with Crippen LogP contribution in [0.3, 0.4) is 0 Å². The molecule has 1 N–H and O–H groups in total. The van der Waals surface area contributed by atoms with Gasteiger partial charge in [-0.15, -0.1) is 0 Å². The molecule has 0 bridgehead atoms. The summed E-state index contributed by atoms with van der Waals surface area (Å²) < 4.78 is 0. The van der Waals surface area contributed by atoms with Crippen molar-refractivity contribution in [3.63, 3.8) is 0 Å². The Labute approximate surface area is 122 Å². The van der Waals surface area contributed by atoms with Crippen LogP contribution in [0.2, 0.25) is 0 Å². The number of fused-ring (bicyclic) bond motifs is 1. The standard InChI is InChI=1S/C18H27NO/c1-13-8-9-14(2)16(11-13)18(20)12-19-10-4-6-15-5-3-7-17(15)19/h8-9,11,15,17-18,20H,3-7,10,12H2,1-2H3. The largest absolute Gasteiger partial charge is 0.387 e. The summed E-state index contributed by atoms with van der Waals surface area (Å²) in [4.78, 5) is 2.56. The van der Waals surface area contributed by atoms with Gasteiger partial charge < -0.3 is 5.11 Å². The fraction of sp³-hybridized carbons (Fsp3) is 0.667. The van der Waals surface area contributed by atoms with Crippen molar-refractivity contribution in [2.75, 3.05) is 13.1 Å². The number of piperidine rings is 1. The van der Waals surface area contributed by atoms with Crippen molar-refractivity contribution in [1.29, 1.82) is 0 Å². The first-order chi connectivity index (χ1) is 9.65. The highest BCUT2D eigenvalue weighted by atomic mass is 16.3. The highest BCUT2D eigenvalue weighted by Gasteiger charge is 2.35. The van der Waals surface area contributed by atoms with Crippen LogP contribution in [0.25, 0.3) is 0 Å². The number of hydrogen-bond donors (Lipinski definition) is 1. The van der Waals surface area contributed by atoms with Crippen LogP contribution in [0.15, 0.2) is 18.2 Å². The molecule has 3 rings (SSSR count). The van der Waals surface area contributed by atoms with E-state index in [-0.39, 0.29) is 6.10 Å². The van der Waals surface area contributed by atoms with Crippen LogP contribution >= 0.6 is 0 Å². The fourth-order valence-electron chi connectivity index (χ4n) is 4.22. The van der Waals surface area contributed by atoms with Gasteiger partial charge in [0, 0.05) is 12.6 Å². The summed E-state index contributed by atoms with van der Waals surface area (Å²) in [5.74, 6) is 0.898. The maximum atomic E-state index is 10.7. The highest BCUT2D eigenvalue weighted by molar-refractivity contribution is 5.32. The molecule has 1 saturated carbocycles. The summed E-state index contributed by atoms with van der Waals surface area (Å²) in [6.07, 6.45) is 6.49. The van der Waals surface area contributed by atoms with Gasteiger partial charge in [-0.25, -0.2) is 0 Å². The molecule has 1 aliphatic carbocycles. The van der Waals surface area contributed by atoms with Gasteiger partial charge in [-0.05, 0) is 63.1 Å². The van der Waals surface area contributed by atoms with E-state index in [9.17, 15) is 5.11 Å². The van der Waals surface area contributed by atoms with Gasteiger partial charge in [-0.3, -0.25) is 4.90 Å². The molecule has 110 valence electrons. The third-order valence-corrected chi connectivity index (χ3v) is 5.31. The second-order valence-corrected chi connectivity index (χ2v) is 6.77. The maximum absolute atomic E-state index is 10.7. The molecule has 0 aromatic heterocycles. The maximum Gasteiger partial charge on any atom is 0.0919 e. The van der Waals surface area contributed by atoms with Gasteiger partial charge in [0.05, 0.1) is 6.10 Å². The molecule has 2 heteroatoms. The molecule has 1 saturated heterocycles. The minimum atomic E-state index is -0.339. The first-order valence-electron chi connectivity index (χ1n) is 8.14. The lowest BCUT2D eigenvalue weighted by Gasteiger charge is -2.39. The topological polar surface area (TPSA) is 23.5 Å². The van der Waals surface area contributed by atoms with E-state index in [0.717, 1.165) is 24.1 Å². The summed E-state index contributed by atoms with van der Waals surface area (Å²) >= 11 is 0. The molecule has 20 heavy (non-hydrogen) atoms. The predicted molar refractivity (Wildman–Crippen MR) is 82.8 cm³/mol. The molecule has 0 radical (unpaired) electrons. The molecule has 2 fully saturated rings. The molecule has 1 aromatic carbocycles. The minimum absolute atomic E-state index is 0.339. The molecule has 2 aliphatic rings. The Morgan fingerprint density at radius 1 is 1.20 bits per heavy atom. The summed E-state index contributed by atoms with van der Waals surface area (Å²) in [6.45, 7) is 6.19. The van der Waals surface area contributed by atoms with Gasteiger partial charge in [0.2, 0.25) is 0 Å². The van der Waals surface area contributed by atoms with Crippen LogP contribution in [0.1, 0.15) is 54.9 Å². The molecule has 1 heterocycles. The van der Waals surface area contributed by atoms with Crippen molar-refractivity contribution < 1.29 is 5.11 Å². The molecule has 3 unspecified atom stereocenters. The van der Waals surface area contributed by atoms with Crippen molar-refractivity contribution in [3.05, 3.63) is 34.9 Å². The number of nitrogens with zero attached hydrogens (tertiary/aromatic N) is 1. The number of aryl methyl sites for hydroxylation is 2. The van der Waals surface area contributed by atoms with Gasteiger partial charge in [-0.2, -0.15) is 0 Å². The van der Waals surface area contributed by atoms with Gasteiger partial charge in [0.15, 0.2) is 0 Å². The number of hydrogen-bond acceptors (Lipinski definition) is 2. The first-order valence-corrected chi connectivity index (χ1v) is 8.14. The Kier molecular flexibility index (Phi) is 4.13. The predicted octanol–water partition coefficient (Wildman–Crippen LogP) is 3.60. The Bertz CT molecular complexity index is 470. The average molecular weight is 273 g/mol. The Morgan fingerprint density at radius 2 is 2.00 bits per heavy atom. The fourth-order valence-corrected chi connectivity index (χ4v) is 4.22. The lowest BCUT2D eigenvalue weighted by atomic mass is 9.91. The molecule has 0 spiro atoms. The number of benzene rings is 1. The second kappa shape index (κ2) is 5.87. The number of rotatable bonds is 3. The monoisotopic (exact) mass is 273 g/mol. The zero-order chi connectivity index (χ0) is 14.1. The Morgan fingerprint density at radius 3 is 2.85 bits per heavy atom. The van der Waals surface area contributed by atoms with E-state index in [2.05, 4.69) is 36.9 Å². The molecular weight excluding hydrogens is 246 g/mol. The van der Waals surface area contributed by atoms with Crippen LogP contribution < -0.4 is 0 Å². The van der Waals surface area contributed by atoms with Gasteiger partial charge in [-0.1, -0.05) is 30.2 Å². The zero-order valence-corrected chi connectivity index (χ0v) is 12.8. The van der Waals surface area contributed by atoms with Gasteiger partial charge in [0.25, 0.3) is 0 Å². The number of likely N-dealkylation sites (tertiary alicyclic amines) is 1. The highest BCUT2D eigenvalue weighted by Crippen LogP contribution is 2.37. The summed E-state index contributed by atoms with van der Waals surface area (Å²) in [5, 5.41) is 10.7. The average Bonchev–Trinajstić information content (AvgIpc) is 2.91. The minimum Gasteiger partial charge on any atom is -0.387 e. The normalized spacial score (nSPS) is 28.4. The third-order valence-electron chi connectivity index (χ3n) is 5.31. The SMILES string of the molecule is Cc1ccc(C)c(C(O)CN2CCCC3CCCC32)c1. The van der Waals surface area contributed by atoms with Crippen molar-refractivity contribution >= 4 is 0 Å². The van der Waals surface area contributed by atoms with Crippen molar-refractivity contribution in [3.8, 4) is 0 Å². The lowest BCUT2D eigenvalue weighted by molar-refractivity contribution is 0.0504. The van der Waals surface area contributed by atoms with Gasteiger partial charge >= 0.3 is 0 Å². The number of β-amino-alcohol motifs (C(OH)–C–C–N with tert-alkyl or cyclic N) is 1. The van der Waals surface area contributed by atoms with E-state index in [4.69, 9.17) is 0 Å². The quantitative estimate of drug-likeness (QED) is 0.909. The van der Waals surface area contributed by atoms with Crippen molar-refractivity contribution in [2.24, 2.45) is 5.92 Å². The molecule has 1 aromatic rings. The third kappa shape index (κ3) is 2.77. The van der Waals surface area contributed by atoms with Crippen molar-refractivity contribution in [2.45, 2.75) is 58.1 Å². The number of aliphatic hydroxyl groups is 1. The Balaban J connectivity index is 1.71. The van der Waals surface area contributed by atoms with E-state index in [0.29, 0.717) is 0 Å². The lowest BCUT2D eigenvalue weighted by Crippen LogP contribution is -2.44. The van der Waals surface area contributed by atoms with E-state index in [1.54, 1.807) is 0 Å². The zero-order valence-electron chi connectivity index (χ0n) is 12.8. The molecule has 1 aliphatic heterocycles. The van der Waals surface area contributed by atoms with Crippen LogP contribution in [0, 0.1) is 19.8 Å². The number of aliphatic hydroxyl groups excluding tert-OH is 1. The van der Waals surface area contributed by atoms with E-state index in [1.165, 1.54) is 49.8 Å². The summed E-state index contributed by atoms with van der Waals surface area (Å²) in [7, 11) is 0. The molecule has 0 amide bonds. The summed E-state index contributed by atoms with van der Waals surface area (Å²) in [6, 6.07) is 7.14. The molecule has 3 atom stereocenters. The van der Waals surface area contributed by atoms with E-state index < -0.39 is 0 Å². The van der Waals surface area contributed by atoms with Crippen LogP contribution in [0.4, 0.5) is 0 Å². The smallest absolute Gasteiger partial charge is 0.0919 e. The Hall–Kier alpha value is -0.860. The van der Waals surface area contributed by atoms with Crippen LogP contribution in [0.5, 0.6) is 0 Å². The summed E-state index contributed by atoms with van der Waals surface area (Å²) in [5.41, 5.74) is 3.57. The van der Waals surface area contributed by atoms with Crippen LogP contribution in [-0.2, 0) is 0 Å².